The van der Waals surface area contributed by atoms with Crippen LogP contribution >= 0.6 is 0 Å². The highest BCUT2D eigenvalue weighted by Gasteiger charge is 2.28. The Balaban J connectivity index is 4.48. The molecule has 0 amide bonds. The van der Waals surface area contributed by atoms with Crippen molar-refractivity contribution >= 4 is 10.0 Å². The lowest BCUT2D eigenvalue weighted by atomic mass is 10.0. The van der Waals surface area contributed by atoms with Crippen LogP contribution in [0.5, 0.6) is 0 Å². The normalized spacial score (nSPS) is 15.8. The lowest BCUT2D eigenvalue weighted by Gasteiger charge is -2.24. The molecule has 6 heteroatoms. The number of ether oxygens (including phenoxy) is 1. The van der Waals surface area contributed by atoms with Gasteiger partial charge in [-0.1, -0.05) is 13.8 Å². The topological polar surface area (TPSA) is 81.4 Å². The Morgan fingerprint density at radius 3 is 2.15 bits per heavy atom. The molecule has 0 spiro atoms. The summed E-state index contributed by atoms with van der Waals surface area (Å²) in [5, 5.41) is -0.376. The Bertz CT molecular complexity index is 342. The molecule has 0 aromatic carbocycles. The monoisotopic (exact) mass is 308 g/mol. The molecule has 0 aromatic rings. The second-order valence-corrected chi connectivity index (χ2v) is 7.92. The van der Waals surface area contributed by atoms with Crippen molar-refractivity contribution in [2.75, 3.05) is 13.1 Å². The van der Waals surface area contributed by atoms with Crippen molar-refractivity contribution in [3.8, 4) is 0 Å². The molecule has 122 valence electrons. The fourth-order valence-corrected chi connectivity index (χ4v) is 4.01. The standard InChI is InChI=1S/C14H32N2O3S/c1-11(2)14(8-7-13(5)19-12(3)4)20(17,18)16-10-6-9-15/h11-14,16H,6-10,15H2,1-5H3. The molecule has 20 heavy (non-hydrogen) atoms. The zero-order chi connectivity index (χ0) is 15.8. The van der Waals surface area contributed by atoms with Crippen LogP contribution in [0, 0.1) is 5.92 Å². The summed E-state index contributed by atoms with van der Waals surface area (Å²) in [7, 11) is -3.28. The fourth-order valence-electron chi connectivity index (χ4n) is 2.20. The van der Waals surface area contributed by atoms with Crippen LogP contribution in [0.2, 0.25) is 0 Å². The molecule has 5 nitrogen and oxygen atoms in total. The highest BCUT2D eigenvalue weighted by molar-refractivity contribution is 7.90. The van der Waals surface area contributed by atoms with Crippen molar-refractivity contribution < 1.29 is 13.2 Å². The minimum atomic E-state index is -3.28. The van der Waals surface area contributed by atoms with Gasteiger partial charge in [0.2, 0.25) is 10.0 Å². The van der Waals surface area contributed by atoms with Crippen LogP contribution in [0.3, 0.4) is 0 Å². The van der Waals surface area contributed by atoms with E-state index >= 15 is 0 Å². The van der Waals surface area contributed by atoms with E-state index in [2.05, 4.69) is 4.72 Å². The van der Waals surface area contributed by atoms with E-state index in [1.165, 1.54) is 0 Å². The van der Waals surface area contributed by atoms with Crippen LogP contribution in [0.4, 0.5) is 0 Å². The number of rotatable bonds is 11. The third kappa shape index (κ3) is 8.19. The quantitative estimate of drug-likeness (QED) is 0.571. The van der Waals surface area contributed by atoms with Crippen molar-refractivity contribution in [2.45, 2.75) is 71.3 Å². The predicted molar refractivity (Wildman–Crippen MR) is 84.1 cm³/mol. The minimum Gasteiger partial charge on any atom is -0.376 e. The van der Waals surface area contributed by atoms with Crippen molar-refractivity contribution in [3.05, 3.63) is 0 Å². The van der Waals surface area contributed by atoms with Crippen LogP contribution < -0.4 is 10.5 Å². The number of nitrogens with two attached hydrogens (primary N) is 1. The van der Waals surface area contributed by atoms with Gasteiger partial charge < -0.3 is 10.5 Å². The summed E-state index contributed by atoms with van der Waals surface area (Å²) in [4.78, 5) is 0. The van der Waals surface area contributed by atoms with E-state index in [0.29, 0.717) is 25.9 Å². The maximum absolute atomic E-state index is 12.3. The van der Waals surface area contributed by atoms with E-state index in [4.69, 9.17) is 10.5 Å². The van der Waals surface area contributed by atoms with E-state index in [0.717, 1.165) is 6.42 Å². The van der Waals surface area contributed by atoms with Crippen molar-refractivity contribution in [1.82, 2.24) is 4.72 Å². The molecule has 0 heterocycles. The molecule has 0 saturated carbocycles. The van der Waals surface area contributed by atoms with E-state index < -0.39 is 10.0 Å². The van der Waals surface area contributed by atoms with Gasteiger partial charge in [0, 0.05) is 6.54 Å². The Labute approximate surface area is 124 Å². The zero-order valence-electron chi connectivity index (χ0n) is 13.6. The maximum Gasteiger partial charge on any atom is 0.214 e. The largest absolute Gasteiger partial charge is 0.376 e. The number of hydrogen-bond donors (Lipinski definition) is 2. The highest BCUT2D eigenvalue weighted by Crippen LogP contribution is 2.19. The van der Waals surface area contributed by atoms with E-state index in [1.807, 2.05) is 34.6 Å². The molecule has 0 saturated heterocycles. The molecule has 0 rings (SSSR count). The first-order chi connectivity index (χ1) is 9.20. The van der Waals surface area contributed by atoms with Crippen LogP contribution in [0.15, 0.2) is 0 Å². The SMILES string of the molecule is CC(C)OC(C)CCC(C(C)C)S(=O)(=O)NCCCN. The summed E-state index contributed by atoms with van der Waals surface area (Å²) in [5.74, 6) is 0.0802. The van der Waals surface area contributed by atoms with Crippen LogP contribution in [-0.4, -0.2) is 39.0 Å². The Morgan fingerprint density at radius 2 is 1.70 bits per heavy atom. The molecule has 0 radical (unpaired) electrons. The molecule has 0 aromatic heterocycles. The number of nitrogens with one attached hydrogen (secondary N) is 1. The van der Waals surface area contributed by atoms with Gasteiger partial charge in [0.25, 0.3) is 0 Å². The highest BCUT2D eigenvalue weighted by atomic mass is 32.2. The molecule has 2 unspecified atom stereocenters. The lowest BCUT2D eigenvalue weighted by molar-refractivity contribution is 0.0129. The zero-order valence-corrected chi connectivity index (χ0v) is 14.4. The molecule has 0 aliphatic carbocycles. The first kappa shape index (κ1) is 19.8. The number of hydrogen-bond acceptors (Lipinski definition) is 4. The summed E-state index contributed by atoms with van der Waals surface area (Å²) >= 11 is 0. The molecule has 0 aliphatic heterocycles. The Morgan fingerprint density at radius 1 is 1.10 bits per heavy atom. The molecule has 2 atom stereocenters. The third-order valence-corrected chi connectivity index (χ3v) is 5.37. The molecule has 0 bridgehead atoms. The Hall–Kier alpha value is -0.170. The van der Waals surface area contributed by atoms with Gasteiger partial charge in [0.15, 0.2) is 0 Å². The van der Waals surface area contributed by atoms with Gasteiger partial charge in [-0.05, 0) is 52.5 Å². The Kier molecular flexibility index (Phi) is 9.63. The predicted octanol–water partition coefficient (Wildman–Crippen LogP) is 1.87. The van der Waals surface area contributed by atoms with Gasteiger partial charge in [-0.3, -0.25) is 0 Å². The molecule has 3 N–H and O–H groups in total. The van der Waals surface area contributed by atoms with Crippen LogP contribution in [-0.2, 0) is 14.8 Å². The summed E-state index contributed by atoms with van der Waals surface area (Å²) < 4.78 is 32.9. The fraction of sp³-hybridized carbons (Fsp3) is 1.00. The molecular weight excluding hydrogens is 276 g/mol. The average Bonchev–Trinajstić information content (AvgIpc) is 2.27. The average molecular weight is 308 g/mol. The summed E-state index contributed by atoms with van der Waals surface area (Å²) in [6.07, 6.45) is 2.27. The van der Waals surface area contributed by atoms with Crippen molar-refractivity contribution in [2.24, 2.45) is 11.7 Å². The van der Waals surface area contributed by atoms with Crippen molar-refractivity contribution in [1.29, 1.82) is 0 Å². The molecular formula is C14H32N2O3S. The van der Waals surface area contributed by atoms with Gasteiger partial charge in [-0.2, -0.15) is 0 Å². The van der Waals surface area contributed by atoms with Crippen molar-refractivity contribution in [3.63, 3.8) is 0 Å². The third-order valence-electron chi connectivity index (χ3n) is 3.19. The van der Waals surface area contributed by atoms with Gasteiger partial charge >= 0.3 is 0 Å². The van der Waals surface area contributed by atoms with Gasteiger partial charge in [-0.25, -0.2) is 13.1 Å². The second kappa shape index (κ2) is 9.71. The first-order valence-electron chi connectivity index (χ1n) is 7.54. The summed E-state index contributed by atoms with van der Waals surface area (Å²) in [6.45, 7) is 10.8. The smallest absolute Gasteiger partial charge is 0.214 e. The van der Waals surface area contributed by atoms with E-state index in [9.17, 15) is 8.42 Å². The first-order valence-corrected chi connectivity index (χ1v) is 9.09. The summed E-state index contributed by atoms with van der Waals surface area (Å²) in [6, 6.07) is 0. The maximum atomic E-state index is 12.3. The van der Waals surface area contributed by atoms with Gasteiger partial charge in [0.1, 0.15) is 0 Å². The van der Waals surface area contributed by atoms with Crippen LogP contribution in [0.1, 0.15) is 53.9 Å². The summed E-state index contributed by atoms with van der Waals surface area (Å²) in [5.41, 5.74) is 5.39. The molecule has 0 aliphatic rings. The molecule has 0 fully saturated rings. The van der Waals surface area contributed by atoms with Gasteiger partial charge in [-0.15, -0.1) is 0 Å². The number of sulfonamides is 1. The van der Waals surface area contributed by atoms with Gasteiger partial charge in [0.05, 0.1) is 17.5 Å². The van der Waals surface area contributed by atoms with E-state index in [-0.39, 0.29) is 23.4 Å². The van der Waals surface area contributed by atoms with Crippen LogP contribution in [0.25, 0.3) is 0 Å². The second-order valence-electron chi connectivity index (χ2n) is 5.94. The van der Waals surface area contributed by atoms with E-state index in [1.54, 1.807) is 0 Å². The minimum absolute atomic E-state index is 0.0792. The lowest BCUT2D eigenvalue weighted by Crippen LogP contribution is -2.39.